The van der Waals surface area contributed by atoms with Crippen molar-refractivity contribution >= 4 is 55.4 Å². The summed E-state index contributed by atoms with van der Waals surface area (Å²) >= 11 is 0. The van der Waals surface area contributed by atoms with Crippen molar-refractivity contribution < 1.29 is 14.3 Å². The van der Waals surface area contributed by atoms with E-state index < -0.39 is 0 Å². The third-order valence-corrected chi connectivity index (χ3v) is 10.9. The first-order valence-electron chi connectivity index (χ1n) is 16.4. The Balaban J connectivity index is 1.65. The molecular weight excluding hydrogens is 548 g/mol. The Bertz CT molecular complexity index is 1980. The molecule has 5 aromatic rings. The molecule has 2 aliphatic heterocycles. The number of nitrogens with one attached hydrogen (secondary N) is 2. The third-order valence-electron chi connectivity index (χ3n) is 10.9. The van der Waals surface area contributed by atoms with Crippen LogP contribution in [0.5, 0.6) is 0 Å². The van der Waals surface area contributed by atoms with E-state index in [4.69, 9.17) is 4.74 Å². The molecule has 1 fully saturated rings. The smallest absolute Gasteiger partial charge is 0.276 e. The summed E-state index contributed by atoms with van der Waals surface area (Å²) < 4.78 is 9.37. The van der Waals surface area contributed by atoms with Gasteiger partial charge < -0.3 is 14.3 Å². The van der Waals surface area contributed by atoms with E-state index in [-0.39, 0.29) is 36.1 Å². The lowest BCUT2D eigenvalue weighted by atomic mass is 9.77. The quantitative estimate of drug-likeness (QED) is 0.194. The number of aryl methyl sites for hydroxylation is 2. The molecule has 2 amide bonds. The van der Waals surface area contributed by atoms with Crippen molar-refractivity contribution in [2.75, 3.05) is 0 Å². The van der Waals surface area contributed by atoms with E-state index in [1.54, 1.807) is 0 Å². The van der Waals surface area contributed by atoms with Crippen LogP contribution >= 0.6 is 0 Å². The number of amides is 2. The topological polar surface area (TPSA) is 79.4 Å². The molecule has 0 bridgehead atoms. The number of hydrogen-bond acceptors (Lipinski definition) is 4. The lowest BCUT2D eigenvalue weighted by Gasteiger charge is -2.44. The molecule has 2 aliphatic rings. The van der Waals surface area contributed by atoms with Gasteiger partial charge in [-0.25, -0.2) is 10.4 Å². The minimum atomic E-state index is -0.283. The lowest BCUT2D eigenvalue weighted by Crippen LogP contribution is -2.47. The largest absolute Gasteiger partial charge is 0.354 e. The van der Waals surface area contributed by atoms with Crippen LogP contribution in [0.1, 0.15) is 98.9 Å². The lowest BCUT2D eigenvalue weighted by molar-refractivity contribution is -0.164. The van der Waals surface area contributed by atoms with Gasteiger partial charge in [-0.05, 0) is 68.2 Å². The fraction of sp³-hybridized carbons (Fsp3) is 0.459. The molecule has 7 rings (SSSR count). The molecule has 5 atom stereocenters. The van der Waals surface area contributed by atoms with Crippen molar-refractivity contribution in [2.24, 2.45) is 17.8 Å². The molecule has 0 aliphatic carbocycles. The van der Waals surface area contributed by atoms with Gasteiger partial charge in [0.05, 0.1) is 33.8 Å². The van der Waals surface area contributed by atoms with Gasteiger partial charge in [0, 0.05) is 39.0 Å². The van der Waals surface area contributed by atoms with Crippen molar-refractivity contribution in [3.8, 4) is 0 Å². The summed E-state index contributed by atoms with van der Waals surface area (Å²) in [6.45, 7) is 17.5. The number of carbonyl (C=O) groups excluding carboxylic acids is 2. The molecule has 230 valence electrons. The van der Waals surface area contributed by atoms with Gasteiger partial charge in [0.25, 0.3) is 11.8 Å². The average Bonchev–Trinajstić information content (AvgIpc) is 3.62. The second-order valence-electron chi connectivity index (χ2n) is 13.4. The number of imide groups is 1. The van der Waals surface area contributed by atoms with Crippen molar-refractivity contribution in [3.63, 3.8) is 0 Å². The van der Waals surface area contributed by atoms with E-state index in [9.17, 15) is 9.59 Å². The number of benzene rings is 3. The van der Waals surface area contributed by atoms with Crippen LogP contribution in [0.3, 0.4) is 0 Å². The summed E-state index contributed by atoms with van der Waals surface area (Å²) in [5, 5.41) is 4.84. The van der Waals surface area contributed by atoms with E-state index in [1.807, 2.05) is 0 Å². The van der Waals surface area contributed by atoms with Crippen LogP contribution < -0.4 is 5.43 Å². The molecule has 0 saturated carbocycles. The summed E-state index contributed by atoms with van der Waals surface area (Å²) in [7, 11) is 0. The number of carbonyl (C=O) groups is 2. The third kappa shape index (κ3) is 3.94. The zero-order valence-electron chi connectivity index (χ0n) is 27.2. The molecule has 0 spiro atoms. The van der Waals surface area contributed by atoms with E-state index in [0.717, 1.165) is 74.0 Å². The predicted octanol–water partition coefficient (Wildman–Crippen LogP) is 8.55. The van der Waals surface area contributed by atoms with E-state index in [0.29, 0.717) is 23.0 Å². The number of aromatic nitrogens is 2. The number of fused-ring (bicyclic) bond motifs is 10. The van der Waals surface area contributed by atoms with Crippen LogP contribution in [0.25, 0.3) is 43.6 Å². The van der Waals surface area contributed by atoms with Gasteiger partial charge >= 0.3 is 0 Å². The van der Waals surface area contributed by atoms with Crippen LogP contribution in [-0.2, 0) is 4.74 Å². The molecule has 1 saturated heterocycles. The van der Waals surface area contributed by atoms with Crippen LogP contribution in [-0.4, -0.2) is 38.5 Å². The van der Waals surface area contributed by atoms with Crippen LogP contribution in [0.15, 0.2) is 36.4 Å². The van der Waals surface area contributed by atoms with Gasteiger partial charge in [-0.15, -0.1) is 0 Å². The fourth-order valence-corrected chi connectivity index (χ4v) is 7.96. The Morgan fingerprint density at radius 3 is 2.14 bits per heavy atom. The Morgan fingerprint density at radius 2 is 1.48 bits per heavy atom. The van der Waals surface area contributed by atoms with E-state index in [2.05, 4.69) is 107 Å². The number of hydrazine groups is 1. The zero-order valence-corrected chi connectivity index (χ0v) is 27.2. The van der Waals surface area contributed by atoms with Gasteiger partial charge in [0.15, 0.2) is 0 Å². The van der Waals surface area contributed by atoms with Crippen molar-refractivity contribution in [1.82, 2.24) is 20.0 Å². The SMILES string of the molecule is CCC(CC)NN1C(=O)c2c(c3c4ccc(C)cc4n(C4OC(CC)C(C)C(C)C4C)c3c3[nH]c4cc(C)ccc4c23)C1=O. The molecule has 2 N–H and O–H groups in total. The van der Waals surface area contributed by atoms with E-state index >= 15 is 0 Å². The number of nitrogens with zero attached hydrogens (tertiary/aromatic N) is 2. The van der Waals surface area contributed by atoms with Crippen molar-refractivity contribution in [1.29, 1.82) is 0 Å². The average molecular weight is 593 g/mol. The highest BCUT2D eigenvalue weighted by Crippen LogP contribution is 2.49. The highest BCUT2D eigenvalue weighted by Gasteiger charge is 2.45. The summed E-state index contributed by atoms with van der Waals surface area (Å²) in [5.74, 6) is 0.539. The first kappa shape index (κ1) is 29.1. The van der Waals surface area contributed by atoms with Gasteiger partial charge in [-0.3, -0.25) is 9.59 Å². The molecular formula is C37H44N4O3. The number of aromatic amines is 1. The predicted molar refractivity (Wildman–Crippen MR) is 178 cm³/mol. The maximum atomic E-state index is 14.5. The van der Waals surface area contributed by atoms with Gasteiger partial charge in [0.2, 0.25) is 0 Å². The molecule has 5 unspecified atom stereocenters. The van der Waals surface area contributed by atoms with Crippen LogP contribution in [0, 0.1) is 31.6 Å². The van der Waals surface area contributed by atoms with Gasteiger partial charge in [0.1, 0.15) is 6.23 Å². The zero-order chi connectivity index (χ0) is 31.2. The highest BCUT2D eigenvalue weighted by atomic mass is 16.5. The Morgan fingerprint density at radius 1 is 0.841 bits per heavy atom. The second-order valence-corrected chi connectivity index (χ2v) is 13.4. The van der Waals surface area contributed by atoms with Crippen LogP contribution in [0.2, 0.25) is 0 Å². The monoisotopic (exact) mass is 592 g/mol. The maximum Gasteiger partial charge on any atom is 0.276 e. The maximum absolute atomic E-state index is 14.5. The second kappa shape index (κ2) is 10.5. The molecule has 7 heteroatoms. The fourth-order valence-electron chi connectivity index (χ4n) is 7.96. The summed E-state index contributed by atoms with van der Waals surface area (Å²) in [6.07, 6.45) is 2.46. The number of H-pyrrole nitrogens is 1. The van der Waals surface area contributed by atoms with Crippen molar-refractivity contribution in [3.05, 3.63) is 58.7 Å². The molecule has 2 aromatic heterocycles. The van der Waals surface area contributed by atoms with E-state index in [1.165, 1.54) is 5.01 Å². The van der Waals surface area contributed by atoms with Gasteiger partial charge in [-0.2, -0.15) is 0 Å². The Hall–Kier alpha value is -3.68. The van der Waals surface area contributed by atoms with Crippen LogP contribution in [0.4, 0.5) is 0 Å². The minimum Gasteiger partial charge on any atom is -0.354 e. The molecule has 4 heterocycles. The van der Waals surface area contributed by atoms with Crippen molar-refractivity contribution in [2.45, 2.75) is 93.0 Å². The normalized spacial score (nSPS) is 24.2. The summed E-state index contributed by atoms with van der Waals surface area (Å²) in [4.78, 5) is 32.6. The first-order valence-corrected chi connectivity index (χ1v) is 16.4. The first-order chi connectivity index (χ1) is 21.1. The molecule has 3 aromatic carbocycles. The standard InChI is InChI=1S/C37H44N4O3/c1-9-23(10-2)39-41-35(42)31-29-24-14-12-18(4)16-26(24)38-33(29)34-30(32(31)36(41)43)25-15-13-19(5)17-27(25)40(34)37-22(8)20(6)21(7)28(11-3)44-37/h12-17,20-23,28,37-39H,9-11H2,1-8H3. The number of hydrogen-bond donors (Lipinski definition) is 2. The number of rotatable bonds is 6. The molecule has 7 nitrogen and oxygen atoms in total. The van der Waals surface area contributed by atoms with Gasteiger partial charge in [-0.1, -0.05) is 65.8 Å². The Kier molecular flexibility index (Phi) is 6.90. The minimum absolute atomic E-state index is 0.0174. The molecule has 44 heavy (non-hydrogen) atoms. The molecule has 0 radical (unpaired) electrons. The summed E-state index contributed by atoms with van der Waals surface area (Å²) in [6, 6.07) is 12.7. The summed E-state index contributed by atoms with van der Waals surface area (Å²) in [5.41, 5.74) is 10.3. The Labute approximate surface area is 258 Å². The number of ether oxygens (including phenoxy) is 1. The highest BCUT2D eigenvalue weighted by molar-refractivity contribution is 6.39.